The van der Waals surface area contributed by atoms with E-state index in [1.165, 1.54) is 28.2 Å². The average molecular weight is 352 g/mol. The molecule has 2 heterocycles. The molecular weight excluding hydrogens is 334 g/mol. The number of thiophene rings is 1. The predicted octanol–water partition coefficient (Wildman–Crippen LogP) is 4.25. The summed E-state index contributed by atoms with van der Waals surface area (Å²) in [5.41, 5.74) is 1.34. The molecule has 0 spiro atoms. The molecule has 0 saturated heterocycles. The maximum Gasteiger partial charge on any atom is 0.267 e. The molecule has 0 saturated carbocycles. The van der Waals surface area contributed by atoms with Crippen LogP contribution < -0.4 is 5.32 Å². The van der Waals surface area contributed by atoms with E-state index in [9.17, 15) is 4.79 Å². The van der Waals surface area contributed by atoms with Gasteiger partial charge in [0.15, 0.2) is 4.34 Å². The quantitative estimate of drug-likeness (QED) is 0.497. The number of aryl methyl sites for hydroxylation is 1. The molecular formula is C15H17N3OS3. The van der Waals surface area contributed by atoms with Gasteiger partial charge in [-0.1, -0.05) is 36.1 Å². The Bertz CT molecular complexity index is 692. The van der Waals surface area contributed by atoms with Crippen LogP contribution in [-0.4, -0.2) is 21.9 Å². The molecule has 0 fully saturated rings. The second-order valence-corrected chi connectivity index (χ2v) is 8.72. The van der Waals surface area contributed by atoms with Gasteiger partial charge in [-0.2, -0.15) is 0 Å². The lowest BCUT2D eigenvalue weighted by atomic mass is 9.90. The van der Waals surface area contributed by atoms with Gasteiger partial charge in [0, 0.05) is 10.6 Å². The van der Waals surface area contributed by atoms with Crippen molar-refractivity contribution < 1.29 is 4.79 Å². The van der Waals surface area contributed by atoms with E-state index in [-0.39, 0.29) is 5.91 Å². The van der Waals surface area contributed by atoms with Gasteiger partial charge in [0.1, 0.15) is 0 Å². The second-order valence-electron chi connectivity index (χ2n) is 5.33. The van der Waals surface area contributed by atoms with E-state index in [2.05, 4.69) is 29.0 Å². The van der Waals surface area contributed by atoms with Gasteiger partial charge >= 0.3 is 0 Å². The molecule has 22 heavy (non-hydrogen) atoms. The minimum absolute atomic E-state index is 0.0801. The van der Waals surface area contributed by atoms with Gasteiger partial charge in [-0.25, -0.2) is 0 Å². The fourth-order valence-electron chi connectivity index (χ4n) is 2.43. The van der Waals surface area contributed by atoms with Crippen molar-refractivity contribution >= 4 is 45.5 Å². The molecule has 0 aromatic carbocycles. The molecule has 0 bridgehead atoms. The number of nitrogens with one attached hydrogen (secondary N) is 1. The summed E-state index contributed by atoms with van der Waals surface area (Å²) >= 11 is 4.57. The van der Waals surface area contributed by atoms with Crippen molar-refractivity contribution in [1.82, 2.24) is 10.2 Å². The van der Waals surface area contributed by atoms with Crippen molar-refractivity contribution in [2.45, 2.75) is 30.5 Å². The van der Waals surface area contributed by atoms with Gasteiger partial charge in [0.05, 0.1) is 4.88 Å². The highest BCUT2D eigenvalue weighted by atomic mass is 32.2. The van der Waals surface area contributed by atoms with Gasteiger partial charge in [0.2, 0.25) is 5.13 Å². The minimum atomic E-state index is -0.0801. The first-order valence-corrected chi connectivity index (χ1v) is 9.77. The highest BCUT2D eigenvalue weighted by Gasteiger charge is 2.21. The number of thioether (sulfide) groups is 1. The molecule has 7 heteroatoms. The molecule has 1 atom stereocenters. The number of hydrogen-bond donors (Lipinski definition) is 1. The van der Waals surface area contributed by atoms with Gasteiger partial charge in [-0.15, -0.1) is 28.1 Å². The molecule has 0 aliphatic heterocycles. The van der Waals surface area contributed by atoms with E-state index in [4.69, 9.17) is 0 Å². The molecule has 2 aromatic heterocycles. The molecule has 4 nitrogen and oxygen atoms in total. The van der Waals surface area contributed by atoms with Crippen LogP contribution in [0, 0.1) is 5.92 Å². The Labute approximate surface area is 142 Å². The highest BCUT2D eigenvalue weighted by molar-refractivity contribution is 8.01. The fourth-order valence-corrected chi connectivity index (χ4v) is 5.04. The summed E-state index contributed by atoms with van der Waals surface area (Å²) in [5.74, 6) is 1.42. The van der Waals surface area contributed by atoms with Crippen molar-refractivity contribution in [2.75, 3.05) is 11.1 Å². The topological polar surface area (TPSA) is 54.9 Å². The smallest absolute Gasteiger partial charge is 0.267 e. The monoisotopic (exact) mass is 351 g/mol. The molecule has 3 rings (SSSR count). The first-order valence-electron chi connectivity index (χ1n) is 7.16. The summed E-state index contributed by atoms with van der Waals surface area (Å²) < 4.78 is 0.842. The maximum atomic E-state index is 12.4. The zero-order chi connectivity index (χ0) is 15.5. The maximum absolute atomic E-state index is 12.4. The number of rotatable bonds is 5. The Balaban J connectivity index is 1.67. The average Bonchev–Trinajstić information content (AvgIpc) is 3.11. The van der Waals surface area contributed by atoms with E-state index in [1.807, 2.05) is 12.1 Å². The Morgan fingerprint density at radius 3 is 3.23 bits per heavy atom. The lowest BCUT2D eigenvalue weighted by Crippen LogP contribution is -2.10. The SMILES string of the molecule is C=CCSc1nnc(NC(=O)c2cc3c(s2)CC[C@H](C)C3)s1. The van der Waals surface area contributed by atoms with Crippen LogP contribution in [0.3, 0.4) is 0 Å². The molecule has 2 aromatic rings. The summed E-state index contributed by atoms with van der Waals surface area (Å²) in [6.45, 7) is 5.94. The molecule has 1 N–H and O–H groups in total. The number of amides is 1. The van der Waals surface area contributed by atoms with Crippen LogP contribution in [0.15, 0.2) is 23.1 Å². The van der Waals surface area contributed by atoms with Crippen LogP contribution in [0.2, 0.25) is 0 Å². The molecule has 1 aliphatic carbocycles. The van der Waals surface area contributed by atoms with E-state index in [0.717, 1.165) is 27.8 Å². The van der Waals surface area contributed by atoms with E-state index < -0.39 is 0 Å². The highest BCUT2D eigenvalue weighted by Crippen LogP contribution is 2.33. The molecule has 1 aliphatic rings. The lowest BCUT2D eigenvalue weighted by Gasteiger charge is -2.16. The predicted molar refractivity (Wildman–Crippen MR) is 94.3 cm³/mol. The summed E-state index contributed by atoms with van der Waals surface area (Å²) in [6.07, 6.45) is 5.21. The third kappa shape index (κ3) is 3.59. The van der Waals surface area contributed by atoms with Crippen LogP contribution in [-0.2, 0) is 12.8 Å². The molecule has 116 valence electrons. The van der Waals surface area contributed by atoms with Crippen LogP contribution >= 0.6 is 34.4 Å². The number of hydrogen-bond acceptors (Lipinski definition) is 6. The number of carbonyl (C=O) groups excluding carboxylic acids is 1. The van der Waals surface area contributed by atoms with E-state index in [1.54, 1.807) is 23.1 Å². The normalized spacial score (nSPS) is 17.0. The number of nitrogens with zero attached hydrogens (tertiary/aromatic N) is 2. The first kappa shape index (κ1) is 15.7. The van der Waals surface area contributed by atoms with Gasteiger partial charge < -0.3 is 0 Å². The summed E-state index contributed by atoms with van der Waals surface area (Å²) in [7, 11) is 0. The zero-order valence-corrected chi connectivity index (χ0v) is 14.7. The zero-order valence-electron chi connectivity index (χ0n) is 12.3. The van der Waals surface area contributed by atoms with Crippen molar-refractivity contribution in [1.29, 1.82) is 0 Å². The number of carbonyl (C=O) groups is 1. The van der Waals surface area contributed by atoms with Crippen LogP contribution in [0.4, 0.5) is 5.13 Å². The molecule has 1 amide bonds. The summed E-state index contributed by atoms with van der Waals surface area (Å²) in [5, 5.41) is 11.5. The summed E-state index contributed by atoms with van der Waals surface area (Å²) in [6, 6.07) is 2.04. The number of anilines is 1. The Morgan fingerprint density at radius 1 is 1.55 bits per heavy atom. The fraction of sp³-hybridized carbons (Fsp3) is 0.400. The number of aromatic nitrogens is 2. The van der Waals surface area contributed by atoms with Crippen molar-refractivity contribution in [3.8, 4) is 0 Å². The Kier molecular flexibility index (Phi) is 4.95. The molecule has 0 unspecified atom stereocenters. The number of fused-ring (bicyclic) bond motifs is 1. The van der Waals surface area contributed by atoms with Crippen molar-refractivity contribution in [2.24, 2.45) is 5.92 Å². The van der Waals surface area contributed by atoms with Gasteiger partial charge in [0.25, 0.3) is 5.91 Å². The minimum Gasteiger partial charge on any atom is -0.296 e. The van der Waals surface area contributed by atoms with E-state index in [0.29, 0.717) is 11.0 Å². The Hall–Kier alpha value is -1.18. The third-order valence-corrected chi connectivity index (χ3v) is 6.71. The largest absolute Gasteiger partial charge is 0.296 e. The third-order valence-electron chi connectivity index (χ3n) is 3.50. The van der Waals surface area contributed by atoms with Crippen molar-refractivity contribution in [3.63, 3.8) is 0 Å². The van der Waals surface area contributed by atoms with Crippen LogP contribution in [0.1, 0.15) is 33.5 Å². The molecule has 0 radical (unpaired) electrons. The van der Waals surface area contributed by atoms with Crippen LogP contribution in [0.25, 0.3) is 0 Å². The van der Waals surface area contributed by atoms with Gasteiger partial charge in [-0.05, 0) is 36.8 Å². The first-order chi connectivity index (χ1) is 10.7. The van der Waals surface area contributed by atoms with Gasteiger partial charge in [-0.3, -0.25) is 10.1 Å². The standard InChI is InChI=1S/C15H17N3OS3/c1-3-6-20-15-18-17-14(22-15)16-13(19)12-8-10-7-9(2)4-5-11(10)21-12/h3,8-9H,1,4-7H2,2H3,(H,16,17,19)/t9-/m0/s1. The van der Waals surface area contributed by atoms with Crippen molar-refractivity contribution in [3.05, 3.63) is 34.0 Å². The van der Waals surface area contributed by atoms with Crippen LogP contribution in [0.5, 0.6) is 0 Å². The second kappa shape index (κ2) is 6.93. The van der Waals surface area contributed by atoms with E-state index >= 15 is 0 Å². The lowest BCUT2D eigenvalue weighted by molar-refractivity contribution is 0.103. The summed E-state index contributed by atoms with van der Waals surface area (Å²) in [4.78, 5) is 14.5. The Morgan fingerprint density at radius 2 is 2.41 bits per heavy atom.